The summed E-state index contributed by atoms with van der Waals surface area (Å²) in [5.41, 5.74) is 14.4. The van der Waals surface area contributed by atoms with Crippen molar-refractivity contribution in [1.29, 1.82) is 0 Å². The van der Waals surface area contributed by atoms with E-state index in [1.807, 2.05) is 12.1 Å². The van der Waals surface area contributed by atoms with Crippen molar-refractivity contribution in [2.75, 3.05) is 19.6 Å². The number of allylic oxidation sites excluding steroid dienone is 1. The third kappa shape index (κ3) is 1.82. The molecule has 0 bridgehead atoms. The quantitative estimate of drug-likeness (QED) is 0.517. The molecule has 0 aromatic heterocycles. The van der Waals surface area contributed by atoms with Crippen molar-refractivity contribution < 1.29 is 5.11 Å². The van der Waals surface area contributed by atoms with Crippen molar-refractivity contribution in [1.82, 2.24) is 10.6 Å². The molecule has 5 nitrogen and oxygen atoms in total. The molecular formula is C14H18N4O. The monoisotopic (exact) mass is 258 g/mol. The van der Waals surface area contributed by atoms with Crippen molar-refractivity contribution in [2.24, 2.45) is 16.9 Å². The molecular weight excluding hydrogens is 240 g/mol. The Labute approximate surface area is 112 Å². The van der Waals surface area contributed by atoms with Crippen molar-refractivity contribution in [3.05, 3.63) is 47.3 Å². The summed E-state index contributed by atoms with van der Waals surface area (Å²) in [4.78, 5) is 0. The fraction of sp³-hybridized carbons (Fsp3) is 0.286. The van der Waals surface area contributed by atoms with E-state index in [0.29, 0.717) is 17.1 Å². The molecule has 0 saturated carbocycles. The molecule has 0 atom stereocenters. The van der Waals surface area contributed by atoms with Gasteiger partial charge in [-0.15, -0.1) is 0 Å². The zero-order chi connectivity index (χ0) is 13.5. The first kappa shape index (κ1) is 11.9. The van der Waals surface area contributed by atoms with Gasteiger partial charge in [0.15, 0.2) is 0 Å². The number of para-hydroxylation sites is 1. The van der Waals surface area contributed by atoms with E-state index in [0.717, 1.165) is 25.2 Å². The first-order valence-corrected chi connectivity index (χ1v) is 6.33. The number of hydrogen-bond acceptors (Lipinski definition) is 5. The number of hydrogen-bond donors (Lipinski definition) is 5. The molecule has 2 aliphatic heterocycles. The van der Waals surface area contributed by atoms with E-state index < -0.39 is 0 Å². The first-order valence-electron chi connectivity index (χ1n) is 6.33. The van der Waals surface area contributed by atoms with Gasteiger partial charge in [0.2, 0.25) is 0 Å². The summed E-state index contributed by atoms with van der Waals surface area (Å²) >= 11 is 0. The van der Waals surface area contributed by atoms with Gasteiger partial charge in [0.25, 0.3) is 0 Å². The molecule has 0 radical (unpaired) electrons. The molecule has 1 aromatic carbocycles. The second-order valence-electron chi connectivity index (χ2n) is 5.18. The highest BCUT2D eigenvalue weighted by molar-refractivity contribution is 5.71. The highest BCUT2D eigenvalue weighted by Gasteiger charge is 2.44. The number of phenolic OH excluding ortho intramolecular Hbond substituents is 1. The minimum atomic E-state index is 0.0547. The van der Waals surface area contributed by atoms with Gasteiger partial charge in [0.1, 0.15) is 11.6 Å². The van der Waals surface area contributed by atoms with Gasteiger partial charge in [0, 0.05) is 41.9 Å². The number of aromatic hydroxyl groups is 1. The molecule has 5 heteroatoms. The molecule has 1 saturated heterocycles. The molecule has 3 rings (SSSR count). The Morgan fingerprint density at radius 2 is 2.00 bits per heavy atom. The van der Waals surface area contributed by atoms with Crippen LogP contribution in [0, 0.1) is 5.41 Å². The minimum absolute atomic E-state index is 0.0547. The maximum atomic E-state index is 9.83. The fourth-order valence-corrected chi connectivity index (χ4v) is 2.66. The molecule has 0 aliphatic carbocycles. The third-order valence-electron chi connectivity index (χ3n) is 3.92. The topological polar surface area (TPSA) is 96.3 Å². The van der Waals surface area contributed by atoms with Gasteiger partial charge in [-0.05, 0) is 18.2 Å². The Hall–Kier alpha value is -2.14. The van der Waals surface area contributed by atoms with Crippen LogP contribution in [0.5, 0.6) is 5.75 Å². The molecule has 1 spiro atoms. The normalized spacial score (nSPS) is 21.4. The number of nitrogens with one attached hydrogen (secondary N) is 2. The minimum Gasteiger partial charge on any atom is -0.507 e. The van der Waals surface area contributed by atoms with E-state index in [-0.39, 0.29) is 11.2 Å². The predicted octanol–water partition coefficient (Wildman–Crippen LogP) is 0.0549. The number of phenols is 1. The lowest BCUT2D eigenvalue weighted by molar-refractivity contribution is 0.241. The predicted molar refractivity (Wildman–Crippen MR) is 74.8 cm³/mol. The van der Waals surface area contributed by atoms with Gasteiger partial charge in [-0.25, -0.2) is 0 Å². The summed E-state index contributed by atoms with van der Waals surface area (Å²) < 4.78 is 0. The number of benzene rings is 1. The van der Waals surface area contributed by atoms with Gasteiger partial charge < -0.3 is 27.2 Å². The zero-order valence-corrected chi connectivity index (χ0v) is 10.6. The molecule has 19 heavy (non-hydrogen) atoms. The van der Waals surface area contributed by atoms with E-state index in [2.05, 4.69) is 10.6 Å². The van der Waals surface area contributed by atoms with Crippen LogP contribution < -0.4 is 22.1 Å². The second-order valence-corrected chi connectivity index (χ2v) is 5.18. The summed E-state index contributed by atoms with van der Waals surface area (Å²) in [5, 5.41) is 16.3. The van der Waals surface area contributed by atoms with E-state index in [1.54, 1.807) is 18.2 Å². The van der Waals surface area contributed by atoms with Crippen molar-refractivity contribution in [3.8, 4) is 5.75 Å². The Morgan fingerprint density at radius 3 is 2.63 bits per heavy atom. The van der Waals surface area contributed by atoms with E-state index in [4.69, 9.17) is 11.5 Å². The zero-order valence-electron chi connectivity index (χ0n) is 10.6. The largest absolute Gasteiger partial charge is 0.507 e. The van der Waals surface area contributed by atoms with Crippen molar-refractivity contribution in [3.63, 3.8) is 0 Å². The number of nitrogens with two attached hydrogens (primary N) is 2. The Balaban J connectivity index is 1.97. The number of rotatable bonds is 2. The lowest BCUT2D eigenvalue weighted by Gasteiger charge is -2.40. The van der Waals surface area contributed by atoms with Gasteiger partial charge in [-0.1, -0.05) is 12.1 Å². The van der Waals surface area contributed by atoms with E-state index >= 15 is 0 Å². The van der Waals surface area contributed by atoms with Gasteiger partial charge >= 0.3 is 0 Å². The molecule has 2 heterocycles. The molecule has 1 aromatic rings. The van der Waals surface area contributed by atoms with Crippen molar-refractivity contribution >= 4 is 5.70 Å². The first-order chi connectivity index (χ1) is 9.12. The Morgan fingerprint density at radius 1 is 1.26 bits per heavy atom. The summed E-state index contributed by atoms with van der Waals surface area (Å²) in [6.07, 6.45) is 1.88. The van der Waals surface area contributed by atoms with E-state index in [9.17, 15) is 5.11 Å². The standard InChI is InChI=1S/C14H18N4O/c15-11(9-3-1-2-4-12(9)19)5-10-13(16)18-8-14(10)6-17-7-14/h1-5,17-19H,6-8,15-16H2/b11-5-. The summed E-state index contributed by atoms with van der Waals surface area (Å²) in [7, 11) is 0. The van der Waals surface area contributed by atoms with Crippen LogP contribution in [0.4, 0.5) is 0 Å². The third-order valence-corrected chi connectivity index (χ3v) is 3.92. The van der Waals surface area contributed by atoms with Gasteiger partial charge in [0.05, 0.1) is 0 Å². The molecule has 100 valence electrons. The smallest absolute Gasteiger partial charge is 0.124 e. The van der Waals surface area contributed by atoms with E-state index in [1.165, 1.54) is 0 Å². The highest BCUT2D eigenvalue weighted by atomic mass is 16.3. The van der Waals surface area contributed by atoms with Crippen LogP contribution in [-0.4, -0.2) is 24.7 Å². The molecule has 0 amide bonds. The van der Waals surface area contributed by atoms with Gasteiger partial charge in [-0.3, -0.25) is 0 Å². The maximum Gasteiger partial charge on any atom is 0.124 e. The van der Waals surface area contributed by atoms with Crippen LogP contribution in [0.1, 0.15) is 5.56 Å². The van der Waals surface area contributed by atoms with Gasteiger partial charge in [-0.2, -0.15) is 0 Å². The SMILES string of the molecule is NC1=C(/C=C(\N)c2ccccc2O)C2(CNC2)CN1. The average molecular weight is 258 g/mol. The Kier molecular flexibility index (Phi) is 2.64. The summed E-state index contributed by atoms with van der Waals surface area (Å²) in [6, 6.07) is 7.04. The van der Waals surface area contributed by atoms with Crippen LogP contribution in [-0.2, 0) is 0 Å². The average Bonchev–Trinajstić information content (AvgIpc) is 2.67. The van der Waals surface area contributed by atoms with Crippen LogP contribution in [0.25, 0.3) is 5.70 Å². The molecule has 7 N–H and O–H groups in total. The summed E-state index contributed by atoms with van der Waals surface area (Å²) in [6.45, 7) is 2.65. The lowest BCUT2D eigenvalue weighted by Crippen LogP contribution is -2.56. The van der Waals surface area contributed by atoms with Crippen LogP contribution in [0.3, 0.4) is 0 Å². The maximum absolute atomic E-state index is 9.83. The molecule has 1 fully saturated rings. The van der Waals surface area contributed by atoms with Crippen LogP contribution in [0.2, 0.25) is 0 Å². The van der Waals surface area contributed by atoms with Crippen LogP contribution in [0.15, 0.2) is 41.7 Å². The fourth-order valence-electron chi connectivity index (χ4n) is 2.66. The van der Waals surface area contributed by atoms with Crippen molar-refractivity contribution in [2.45, 2.75) is 0 Å². The highest BCUT2D eigenvalue weighted by Crippen LogP contribution is 2.38. The second kappa shape index (κ2) is 4.20. The summed E-state index contributed by atoms with van der Waals surface area (Å²) in [5.74, 6) is 0.863. The van der Waals surface area contributed by atoms with Crippen LogP contribution >= 0.6 is 0 Å². The molecule has 2 aliphatic rings. The Bertz CT molecular complexity index is 573. The lowest BCUT2D eigenvalue weighted by atomic mass is 9.76. The molecule has 0 unspecified atom stereocenters.